The standard InChI is InChI=1S/C25H35BrFN5O4/c1-15(2)22(31-23(35)17-6-3-8-18(26)12-17)24(36)32-11-5-9-19(32)20(33)13-16(21(34)14-27)7-4-10-30-25(28)29/h3,6,8,12,15-16,19,22H,4-5,7,9-11,13-14H2,1-2H3,(H,31,35)(H4,28,29,30)/t16-,19+,22+/m1/s1. The Bertz CT molecular complexity index is 983. The van der Waals surface area contributed by atoms with Crippen LogP contribution in [0.1, 0.15) is 56.3 Å². The minimum absolute atomic E-state index is 0.0775. The Hall–Kier alpha value is -2.82. The third kappa shape index (κ3) is 8.39. The lowest BCUT2D eigenvalue weighted by molar-refractivity contribution is -0.140. The number of carbonyl (C=O) groups is 4. The number of carbonyl (C=O) groups excluding carboxylic acids is 4. The van der Waals surface area contributed by atoms with Gasteiger partial charge in [0.25, 0.3) is 5.91 Å². The molecule has 0 radical (unpaired) electrons. The van der Waals surface area contributed by atoms with E-state index in [0.717, 1.165) is 4.47 Å². The molecule has 11 heteroatoms. The van der Waals surface area contributed by atoms with Crippen LogP contribution in [-0.2, 0) is 14.4 Å². The first-order valence-corrected chi connectivity index (χ1v) is 12.9. The van der Waals surface area contributed by atoms with E-state index in [1.165, 1.54) is 4.90 Å². The second kappa shape index (κ2) is 14.1. The molecule has 0 unspecified atom stereocenters. The van der Waals surface area contributed by atoms with E-state index in [0.29, 0.717) is 31.4 Å². The zero-order chi connectivity index (χ0) is 26.8. The lowest BCUT2D eigenvalue weighted by Crippen LogP contribution is -2.54. The Labute approximate surface area is 219 Å². The van der Waals surface area contributed by atoms with Crippen LogP contribution in [0.4, 0.5) is 4.39 Å². The van der Waals surface area contributed by atoms with E-state index >= 15 is 0 Å². The molecule has 1 aromatic rings. The second-order valence-electron chi connectivity index (χ2n) is 9.31. The maximum atomic E-state index is 13.5. The molecule has 9 nitrogen and oxygen atoms in total. The molecular weight excluding hydrogens is 533 g/mol. The van der Waals surface area contributed by atoms with Crippen molar-refractivity contribution in [3.63, 3.8) is 0 Å². The number of ketones is 2. The lowest BCUT2D eigenvalue weighted by atomic mass is 9.90. The fourth-order valence-electron chi connectivity index (χ4n) is 4.32. The average Bonchev–Trinajstić information content (AvgIpc) is 3.33. The number of aliphatic imine (C=N–C) groups is 1. The molecule has 0 aliphatic carbocycles. The highest BCUT2D eigenvalue weighted by molar-refractivity contribution is 9.10. The van der Waals surface area contributed by atoms with Gasteiger partial charge in [-0.1, -0.05) is 35.8 Å². The molecule has 2 rings (SSSR count). The van der Waals surface area contributed by atoms with Crippen molar-refractivity contribution in [1.29, 1.82) is 0 Å². The summed E-state index contributed by atoms with van der Waals surface area (Å²) < 4.78 is 13.9. The normalized spacial score (nSPS) is 16.9. The number of likely N-dealkylation sites (tertiary alicyclic amines) is 1. The highest BCUT2D eigenvalue weighted by Gasteiger charge is 2.39. The molecule has 1 aromatic carbocycles. The van der Waals surface area contributed by atoms with E-state index in [2.05, 4.69) is 26.2 Å². The van der Waals surface area contributed by atoms with E-state index in [9.17, 15) is 23.6 Å². The largest absolute Gasteiger partial charge is 0.370 e. The molecule has 0 bridgehead atoms. The van der Waals surface area contributed by atoms with E-state index in [1.54, 1.807) is 24.3 Å². The highest BCUT2D eigenvalue weighted by atomic mass is 79.9. The van der Waals surface area contributed by atoms with E-state index in [1.807, 2.05) is 13.8 Å². The molecule has 1 fully saturated rings. The molecule has 1 aliphatic rings. The zero-order valence-electron chi connectivity index (χ0n) is 20.7. The minimum Gasteiger partial charge on any atom is -0.370 e. The van der Waals surface area contributed by atoms with Crippen molar-refractivity contribution in [2.24, 2.45) is 28.3 Å². The van der Waals surface area contributed by atoms with Crippen LogP contribution >= 0.6 is 15.9 Å². The topological polar surface area (TPSA) is 148 Å². The van der Waals surface area contributed by atoms with Crippen LogP contribution in [0.15, 0.2) is 33.7 Å². The summed E-state index contributed by atoms with van der Waals surface area (Å²) in [5.74, 6) is -2.76. The molecule has 36 heavy (non-hydrogen) atoms. The third-order valence-corrected chi connectivity index (χ3v) is 6.75. The van der Waals surface area contributed by atoms with Crippen molar-refractivity contribution in [3.8, 4) is 0 Å². The SMILES string of the molecule is CC(C)[C@H](NC(=O)c1cccc(Br)c1)C(=O)N1CCC[C@H]1C(=O)C[C@@H](CCCN=C(N)N)C(=O)CF. The first kappa shape index (κ1) is 29.4. The summed E-state index contributed by atoms with van der Waals surface area (Å²) in [4.78, 5) is 56.9. The van der Waals surface area contributed by atoms with Gasteiger partial charge in [0.15, 0.2) is 17.5 Å². The zero-order valence-corrected chi connectivity index (χ0v) is 22.3. The fraction of sp³-hybridized carbons (Fsp3) is 0.560. The van der Waals surface area contributed by atoms with Crippen LogP contribution < -0.4 is 16.8 Å². The maximum Gasteiger partial charge on any atom is 0.251 e. The molecule has 1 saturated heterocycles. The van der Waals surface area contributed by atoms with Crippen molar-refractivity contribution >= 4 is 45.3 Å². The molecule has 198 valence electrons. The molecule has 3 atom stereocenters. The number of alkyl halides is 1. The number of hydrogen-bond donors (Lipinski definition) is 3. The molecular formula is C25H35BrFN5O4. The van der Waals surface area contributed by atoms with Crippen molar-refractivity contribution in [1.82, 2.24) is 10.2 Å². The van der Waals surface area contributed by atoms with Crippen LogP contribution in [0.5, 0.6) is 0 Å². The summed E-state index contributed by atoms with van der Waals surface area (Å²) in [6.45, 7) is 3.13. The minimum atomic E-state index is -1.16. The number of hydrogen-bond acceptors (Lipinski definition) is 5. The Morgan fingerprint density at radius 2 is 1.97 bits per heavy atom. The van der Waals surface area contributed by atoms with Crippen LogP contribution in [-0.4, -0.2) is 66.1 Å². The van der Waals surface area contributed by atoms with Gasteiger partial charge >= 0.3 is 0 Å². The quantitative estimate of drug-likeness (QED) is 0.189. The van der Waals surface area contributed by atoms with Gasteiger partial charge in [-0.25, -0.2) is 4.39 Å². The van der Waals surface area contributed by atoms with Crippen LogP contribution in [0.3, 0.4) is 0 Å². The molecule has 1 heterocycles. The highest BCUT2D eigenvalue weighted by Crippen LogP contribution is 2.25. The number of amides is 2. The molecule has 1 aliphatic heterocycles. The monoisotopic (exact) mass is 567 g/mol. The number of halogens is 2. The van der Waals surface area contributed by atoms with Gasteiger partial charge in [-0.05, 0) is 49.8 Å². The summed E-state index contributed by atoms with van der Waals surface area (Å²) in [6, 6.07) is 5.30. The van der Waals surface area contributed by atoms with Gasteiger partial charge in [-0.3, -0.25) is 24.2 Å². The van der Waals surface area contributed by atoms with Crippen molar-refractivity contribution < 1.29 is 23.6 Å². The van der Waals surface area contributed by atoms with Crippen molar-refractivity contribution in [2.75, 3.05) is 19.8 Å². The Morgan fingerprint density at radius 3 is 2.58 bits per heavy atom. The van der Waals surface area contributed by atoms with Gasteiger partial charge < -0.3 is 21.7 Å². The summed E-state index contributed by atoms with van der Waals surface area (Å²) in [6.07, 6.45) is 1.61. The van der Waals surface area contributed by atoms with Crippen LogP contribution in [0, 0.1) is 11.8 Å². The number of nitrogens with one attached hydrogen (secondary N) is 1. The first-order chi connectivity index (χ1) is 17.0. The predicted molar refractivity (Wildman–Crippen MR) is 139 cm³/mol. The first-order valence-electron chi connectivity index (χ1n) is 12.1. The third-order valence-electron chi connectivity index (χ3n) is 6.25. The van der Waals surface area contributed by atoms with E-state index in [-0.39, 0.29) is 48.9 Å². The smallest absolute Gasteiger partial charge is 0.251 e. The van der Waals surface area contributed by atoms with E-state index in [4.69, 9.17) is 11.5 Å². The number of benzene rings is 1. The van der Waals surface area contributed by atoms with E-state index < -0.39 is 30.5 Å². The number of nitrogens with zero attached hydrogens (tertiary/aromatic N) is 2. The Morgan fingerprint density at radius 1 is 1.25 bits per heavy atom. The van der Waals surface area contributed by atoms with Gasteiger partial charge in [0.1, 0.15) is 12.7 Å². The van der Waals surface area contributed by atoms with Gasteiger partial charge in [0, 0.05) is 35.5 Å². The Kier molecular flexibility index (Phi) is 11.5. The second-order valence-corrected chi connectivity index (χ2v) is 10.2. The molecule has 2 amide bonds. The van der Waals surface area contributed by atoms with Gasteiger partial charge in [-0.15, -0.1) is 0 Å². The molecule has 5 N–H and O–H groups in total. The number of guanidine groups is 1. The Balaban J connectivity index is 2.10. The van der Waals surface area contributed by atoms with Gasteiger partial charge in [0.05, 0.1) is 6.04 Å². The number of rotatable bonds is 13. The number of nitrogens with two attached hydrogens (primary N) is 2. The number of Topliss-reactive ketones (excluding diaryl/α,β-unsaturated/α-hetero) is 2. The lowest BCUT2D eigenvalue weighted by Gasteiger charge is -2.31. The average molecular weight is 568 g/mol. The van der Waals surface area contributed by atoms with Crippen molar-refractivity contribution in [3.05, 3.63) is 34.3 Å². The van der Waals surface area contributed by atoms with Crippen molar-refractivity contribution in [2.45, 2.75) is 58.0 Å². The molecule has 0 aromatic heterocycles. The fourth-order valence-corrected chi connectivity index (χ4v) is 4.72. The van der Waals surface area contributed by atoms with Gasteiger partial charge in [0.2, 0.25) is 5.91 Å². The summed E-state index contributed by atoms with van der Waals surface area (Å²) in [5, 5.41) is 2.81. The summed E-state index contributed by atoms with van der Waals surface area (Å²) >= 11 is 3.34. The molecule has 0 saturated carbocycles. The summed E-state index contributed by atoms with van der Waals surface area (Å²) in [7, 11) is 0. The molecule has 0 spiro atoms. The summed E-state index contributed by atoms with van der Waals surface area (Å²) in [5.41, 5.74) is 11.0. The maximum absolute atomic E-state index is 13.5. The van der Waals surface area contributed by atoms with Gasteiger partial charge in [-0.2, -0.15) is 0 Å². The van der Waals surface area contributed by atoms with Crippen LogP contribution in [0.2, 0.25) is 0 Å². The van der Waals surface area contributed by atoms with Crippen LogP contribution in [0.25, 0.3) is 0 Å². The predicted octanol–water partition coefficient (Wildman–Crippen LogP) is 2.36.